The summed E-state index contributed by atoms with van der Waals surface area (Å²) < 4.78 is 9.83. The summed E-state index contributed by atoms with van der Waals surface area (Å²) >= 11 is -1.90. The molecule has 0 N–H and O–H groups in total. The van der Waals surface area contributed by atoms with Crippen molar-refractivity contribution in [2.75, 3.05) is 0 Å². The maximum atomic E-state index is 6.21. The third-order valence-electron chi connectivity index (χ3n) is 8.69. The van der Waals surface area contributed by atoms with Gasteiger partial charge in [0.15, 0.2) is 0 Å². The average molecular weight is 874 g/mol. The predicted molar refractivity (Wildman–Crippen MR) is 199 cm³/mol. The van der Waals surface area contributed by atoms with Gasteiger partial charge in [-0.05, 0) is 37.6 Å². The third-order valence-corrected chi connectivity index (χ3v) is 13.0. The molecule has 0 aliphatic carbocycles. The number of furan rings is 1. The van der Waals surface area contributed by atoms with Gasteiger partial charge in [-0.25, -0.2) is 4.98 Å². The number of hydrogen-bond donors (Lipinski definition) is 0. The summed E-state index contributed by atoms with van der Waals surface area (Å²) in [6.45, 7) is 13.1. The Morgan fingerprint density at radius 1 is 0.896 bits per heavy atom. The van der Waals surface area contributed by atoms with Gasteiger partial charge >= 0.3 is 132 Å². The van der Waals surface area contributed by atoms with Crippen molar-refractivity contribution in [2.45, 2.75) is 65.2 Å². The van der Waals surface area contributed by atoms with Crippen LogP contribution in [0.3, 0.4) is 0 Å². The van der Waals surface area contributed by atoms with Crippen LogP contribution in [0.2, 0.25) is 17.3 Å². The van der Waals surface area contributed by atoms with E-state index in [0.717, 1.165) is 73.3 Å². The molecule has 0 bridgehead atoms. The smallest absolute Gasteiger partial charge is 0.216 e. The van der Waals surface area contributed by atoms with Crippen molar-refractivity contribution < 1.29 is 24.5 Å². The van der Waals surface area contributed by atoms with Crippen molar-refractivity contribution in [3.8, 4) is 22.6 Å². The largest absolute Gasteiger partial charge is 0.486 e. The van der Waals surface area contributed by atoms with E-state index in [1.807, 2.05) is 56.4 Å². The molecule has 0 saturated heterocycles. The SMILES string of the molecule is CC(C)(C)Cc1cc(-c2[c-]cccc2)nc[c]1[Ge]([CH3])([CH3])[CH3].Cc1cc2c(nc1C)oc1c(-c3nc4ccccc4n3C)[c-]cc(C)c12.[Ir]. The van der Waals surface area contributed by atoms with E-state index in [-0.39, 0.29) is 20.1 Å². The Bertz CT molecular complexity index is 2240. The van der Waals surface area contributed by atoms with E-state index in [1.54, 1.807) is 0 Å². The van der Waals surface area contributed by atoms with Crippen LogP contribution < -0.4 is 4.40 Å². The fourth-order valence-electron chi connectivity index (χ4n) is 6.22. The van der Waals surface area contributed by atoms with Crippen LogP contribution in [0.4, 0.5) is 0 Å². The molecule has 5 nitrogen and oxygen atoms in total. The number of benzene rings is 3. The van der Waals surface area contributed by atoms with Gasteiger partial charge in [0.2, 0.25) is 5.71 Å². The van der Waals surface area contributed by atoms with Gasteiger partial charge in [0, 0.05) is 38.2 Å². The summed E-state index contributed by atoms with van der Waals surface area (Å²) in [6.07, 6.45) is 3.24. The predicted octanol–water partition coefficient (Wildman–Crippen LogP) is 9.94. The van der Waals surface area contributed by atoms with Crippen LogP contribution in [-0.4, -0.2) is 32.8 Å². The van der Waals surface area contributed by atoms with Gasteiger partial charge in [-0.1, -0.05) is 30.0 Å². The number of nitrogens with zero attached hydrogens (tertiary/aromatic N) is 4. The maximum absolute atomic E-state index is 6.21. The molecule has 249 valence electrons. The second-order valence-corrected chi connectivity index (χ2v) is 25.4. The summed E-state index contributed by atoms with van der Waals surface area (Å²) in [6, 6.07) is 29.4. The van der Waals surface area contributed by atoms with E-state index in [9.17, 15) is 0 Å². The Labute approximate surface area is 300 Å². The van der Waals surface area contributed by atoms with Crippen LogP contribution in [0.1, 0.15) is 43.2 Å². The first-order valence-corrected chi connectivity index (χ1v) is 23.7. The van der Waals surface area contributed by atoms with E-state index in [4.69, 9.17) is 14.4 Å². The zero-order valence-corrected chi connectivity index (χ0v) is 34.2. The van der Waals surface area contributed by atoms with Crippen LogP contribution in [0, 0.1) is 38.3 Å². The third kappa shape index (κ3) is 7.22. The summed E-state index contributed by atoms with van der Waals surface area (Å²) in [5.41, 5.74) is 11.6. The Hall–Kier alpha value is -3.58. The van der Waals surface area contributed by atoms with E-state index in [1.165, 1.54) is 9.96 Å². The molecule has 7 rings (SSSR count). The fourth-order valence-corrected chi connectivity index (χ4v) is 9.53. The first-order valence-electron chi connectivity index (χ1n) is 16.3. The number of imidazole rings is 1. The van der Waals surface area contributed by atoms with Crippen molar-refractivity contribution >= 4 is 50.8 Å². The van der Waals surface area contributed by atoms with Crippen LogP contribution in [0.5, 0.6) is 0 Å². The van der Waals surface area contributed by atoms with Gasteiger partial charge in [0.05, 0.1) is 22.4 Å². The van der Waals surface area contributed by atoms with Gasteiger partial charge in [0.1, 0.15) is 0 Å². The number of aromatic nitrogens is 4. The molecule has 0 aliphatic heterocycles. The van der Waals surface area contributed by atoms with Crippen molar-refractivity contribution in [2.24, 2.45) is 12.5 Å². The molecule has 0 amide bonds. The molecule has 7 heteroatoms. The molecule has 0 spiro atoms. The number of rotatable bonds is 4. The molecule has 0 atom stereocenters. The zero-order chi connectivity index (χ0) is 33.7. The van der Waals surface area contributed by atoms with Crippen molar-refractivity contribution in [1.82, 2.24) is 19.5 Å². The number of para-hydroxylation sites is 2. The van der Waals surface area contributed by atoms with Gasteiger partial charge in [-0.2, -0.15) is 0 Å². The van der Waals surface area contributed by atoms with Gasteiger partial charge in [-0.15, -0.1) is 17.7 Å². The van der Waals surface area contributed by atoms with E-state index >= 15 is 0 Å². The first kappa shape index (κ1) is 35.7. The number of aryl methyl sites for hydroxylation is 4. The second-order valence-electron chi connectivity index (χ2n) is 14.9. The summed E-state index contributed by atoms with van der Waals surface area (Å²) in [4.78, 5) is 14.2. The minimum absolute atomic E-state index is 0. The summed E-state index contributed by atoms with van der Waals surface area (Å²) in [7, 11) is 2.03. The molecule has 0 fully saturated rings. The molecule has 1 radical (unpaired) electrons. The molecule has 7 aromatic rings. The molecule has 4 aromatic heterocycles. The van der Waals surface area contributed by atoms with Gasteiger partial charge < -0.3 is 8.98 Å². The van der Waals surface area contributed by atoms with Crippen LogP contribution >= 0.6 is 0 Å². The normalized spacial score (nSPS) is 11.9. The van der Waals surface area contributed by atoms with Gasteiger partial charge in [0.25, 0.3) is 0 Å². The molecule has 0 aliphatic rings. The van der Waals surface area contributed by atoms with Gasteiger partial charge in [-0.3, -0.25) is 4.98 Å². The van der Waals surface area contributed by atoms with E-state index in [2.05, 4.69) is 104 Å². The molecule has 3 aromatic carbocycles. The van der Waals surface area contributed by atoms with E-state index in [0.29, 0.717) is 11.1 Å². The monoisotopic (exact) mass is 875 g/mol. The first-order chi connectivity index (χ1) is 22.2. The average Bonchev–Trinajstić information content (AvgIpc) is 3.55. The second kappa shape index (κ2) is 13.7. The molecule has 0 unspecified atom stereocenters. The summed E-state index contributed by atoms with van der Waals surface area (Å²) in [5.74, 6) is 8.18. The van der Waals surface area contributed by atoms with Crippen molar-refractivity contribution in [3.05, 3.63) is 107 Å². The Morgan fingerprint density at radius 2 is 1.62 bits per heavy atom. The minimum Gasteiger partial charge on any atom is -0.486 e. The topological polar surface area (TPSA) is 56.7 Å². The standard InChI is InChI=1S/C22H18N3O.C19H26GeN.Ir/c1-12-9-10-15(21-24-17-7-5-6-8-18(17)25(21)4)20-19(12)16-11-13(2)14(3)23-22(16)26-20;1-19(2,3)13-16-12-18(15-10-8-7-9-11-15)21-14-17(16)20(4,5)6;/h5-9,11H,1-4H3;7-10,12,14H,13H2,1-6H3;/q2*-1;. The Morgan fingerprint density at radius 3 is 2.29 bits per heavy atom. The number of pyridine rings is 2. The summed E-state index contributed by atoms with van der Waals surface area (Å²) in [5, 5.41) is 2.14. The Balaban J connectivity index is 0.000000189. The molecule has 0 saturated carbocycles. The van der Waals surface area contributed by atoms with Crippen LogP contribution in [0.25, 0.3) is 55.7 Å². The van der Waals surface area contributed by atoms with Crippen molar-refractivity contribution in [1.29, 1.82) is 0 Å². The number of fused-ring (bicyclic) bond motifs is 4. The maximum Gasteiger partial charge on any atom is 0.216 e. The molecular formula is C41H44GeIrN4O-2. The minimum atomic E-state index is -1.90. The molecular weight excluding hydrogens is 829 g/mol. The zero-order valence-electron chi connectivity index (χ0n) is 29.7. The van der Waals surface area contributed by atoms with Crippen LogP contribution in [-0.2, 0) is 33.6 Å². The fraction of sp³-hybridized carbons (Fsp3) is 0.293. The van der Waals surface area contributed by atoms with E-state index < -0.39 is 13.3 Å². The molecule has 4 heterocycles. The quantitative estimate of drug-likeness (QED) is 0.131. The Kier molecular flexibility index (Phi) is 10.2. The van der Waals surface area contributed by atoms with Crippen molar-refractivity contribution in [3.63, 3.8) is 0 Å². The number of hydrogen-bond acceptors (Lipinski definition) is 4. The van der Waals surface area contributed by atoms with Crippen LogP contribution in [0.15, 0.2) is 77.3 Å². The molecule has 48 heavy (non-hydrogen) atoms.